The first-order valence-electron chi connectivity index (χ1n) is 6.64. The van der Waals surface area contributed by atoms with E-state index in [9.17, 15) is 0 Å². The molecule has 1 unspecified atom stereocenters. The number of benzene rings is 1. The van der Waals surface area contributed by atoms with Gasteiger partial charge >= 0.3 is 0 Å². The molecular weight excluding hydrogens is 210 g/mol. The van der Waals surface area contributed by atoms with Crippen molar-refractivity contribution >= 4 is 5.69 Å². The number of rotatable bonds is 8. The van der Waals surface area contributed by atoms with Crippen LogP contribution in [0.1, 0.15) is 45.1 Å². The molecule has 1 rings (SSSR count). The fourth-order valence-corrected chi connectivity index (χ4v) is 1.98. The largest absolute Gasteiger partial charge is 0.382 e. The summed E-state index contributed by atoms with van der Waals surface area (Å²) in [6.45, 7) is 5.17. The van der Waals surface area contributed by atoms with Crippen LogP contribution >= 0.6 is 0 Å². The predicted octanol–water partition coefficient (Wildman–Crippen LogP) is 4.21. The van der Waals surface area contributed by atoms with Crippen molar-refractivity contribution < 1.29 is 4.74 Å². The van der Waals surface area contributed by atoms with Crippen LogP contribution in [0.15, 0.2) is 24.3 Å². The Kier molecular flexibility index (Phi) is 6.71. The quantitative estimate of drug-likeness (QED) is 0.728. The number of hydrogen-bond acceptors (Lipinski definition) is 2. The van der Waals surface area contributed by atoms with Gasteiger partial charge < -0.3 is 10.1 Å². The fourth-order valence-electron chi connectivity index (χ4n) is 1.98. The summed E-state index contributed by atoms with van der Waals surface area (Å²) in [7, 11) is 1.73. The highest BCUT2D eigenvalue weighted by atomic mass is 16.5. The zero-order valence-electron chi connectivity index (χ0n) is 11.3. The van der Waals surface area contributed by atoms with Gasteiger partial charge in [-0.3, -0.25) is 0 Å². The van der Waals surface area contributed by atoms with Crippen LogP contribution in [-0.4, -0.2) is 13.2 Å². The van der Waals surface area contributed by atoms with Gasteiger partial charge in [-0.2, -0.15) is 0 Å². The maximum atomic E-state index is 5.15. The Morgan fingerprint density at radius 2 is 2.12 bits per heavy atom. The Bertz CT molecular complexity index is 312. The normalized spacial score (nSPS) is 12.4. The van der Waals surface area contributed by atoms with E-state index in [4.69, 9.17) is 4.74 Å². The highest BCUT2D eigenvalue weighted by molar-refractivity contribution is 5.46. The molecule has 0 spiro atoms. The van der Waals surface area contributed by atoms with Gasteiger partial charge in [0.25, 0.3) is 0 Å². The average molecular weight is 235 g/mol. The highest BCUT2D eigenvalue weighted by Gasteiger charge is 2.05. The van der Waals surface area contributed by atoms with E-state index in [1.807, 2.05) is 0 Å². The molecule has 0 aliphatic carbocycles. The average Bonchev–Trinajstić information content (AvgIpc) is 2.35. The van der Waals surface area contributed by atoms with E-state index in [0.29, 0.717) is 12.6 Å². The van der Waals surface area contributed by atoms with E-state index < -0.39 is 0 Å². The molecule has 1 N–H and O–H groups in total. The van der Waals surface area contributed by atoms with Gasteiger partial charge in [0.05, 0.1) is 6.61 Å². The first-order valence-corrected chi connectivity index (χ1v) is 6.64. The molecule has 0 heterocycles. The molecule has 17 heavy (non-hydrogen) atoms. The van der Waals surface area contributed by atoms with Gasteiger partial charge in [-0.15, -0.1) is 0 Å². The number of methoxy groups -OCH3 is 1. The van der Waals surface area contributed by atoms with Gasteiger partial charge in [-0.05, 0) is 30.5 Å². The molecule has 0 aliphatic heterocycles. The lowest BCUT2D eigenvalue weighted by Crippen LogP contribution is -2.18. The first kappa shape index (κ1) is 14.0. The lowest BCUT2D eigenvalue weighted by atomic mass is 10.1. The molecule has 0 aromatic heterocycles. The topological polar surface area (TPSA) is 21.3 Å². The fraction of sp³-hybridized carbons (Fsp3) is 0.600. The maximum Gasteiger partial charge on any atom is 0.0713 e. The van der Waals surface area contributed by atoms with E-state index in [1.54, 1.807) is 7.11 Å². The minimum Gasteiger partial charge on any atom is -0.382 e. The summed E-state index contributed by atoms with van der Waals surface area (Å²) in [5, 5.41) is 3.61. The summed E-state index contributed by atoms with van der Waals surface area (Å²) in [6.07, 6.45) is 4.99. The maximum absolute atomic E-state index is 5.15. The molecule has 0 saturated heterocycles. The molecule has 2 nitrogen and oxygen atoms in total. The summed E-state index contributed by atoms with van der Waals surface area (Å²) >= 11 is 0. The van der Waals surface area contributed by atoms with Crippen molar-refractivity contribution in [2.24, 2.45) is 0 Å². The molecule has 96 valence electrons. The molecule has 0 saturated carbocycles. The summed E-state index contributed by atoms with van der Waals surface area (Å²) in [5.74, 6) is 0. The number of anilines is 1. The van der Waals surface area contributed by atoms with E-state index in [1.165, 1.54) is 36.9 Å². The molecule has 0 bridgehead atoms. The van der Waals surface area contributed by atoms with Crippen LogP contribution in [0, 0.1) is 0 Å². The van der Waals surface area contributed by atoms with Crippen molar-refractivity contribution in [1.29, 1.82) is 0 Å². The Labute approximate surface area is 105 Å². The Hall–Kier alpha value is -1.02. The summed E-state index contributed by atoms with van der Waals surface area (Å²) < 4.78 is 5.15. The molecular formula is C15H25NO. The minimum atomic E-state index is 0.591. The number of hydrogen-bond donors (Lipinski definition) is 1. The van der Waals surface area contributed by atoms with Crippen molar-refractivity contribution in [2.75, 3.05) is 12.4 Å². The SMILES string of the molecule is CCCCC(CC)Nc1cccc(COC)c1. The van der Waals surface area contributed by atoms with Crippen LogP contribution < -0.4 is 5.32 Å². The van der Waals surface area contributed by atoms with Gasteiger partial charge in [0.2, 0.25) is 0 Å². The molecule has 1 aromatic carbocycles. The molecule has 1 aromatic rings. The van der Waals surface area contributed by atoms with Gasteiger partial charge in [-0.25, -0.2) is 0 Å². The number of nitrogens with one attached hydrogen (secondary N) is 1. The smallest absolute Gasteiger partial charge is 0.0713 e. The Morgan fingerprint density at radius 3 is 2.76 bits per heavy atom. The van der Waals surface area contributed by atoms with Crippen LogP contribution in [0.4, 0.5) is 5.69 Å². The second-order valence-electron chi connectivity index (χ2n) is 4.53. The molecule has 0 fully saturated rings. The van der Waals surface area contributed by atoms with Crippen molar-refractivity contribution in [3.05, 3.63) is 29.8 Å². The van der Waals surface area contributed by atoms with Crippen LogP contribution in [0.25, 0.3) is 0 Å². The van der Waals surface area contributed by atoms with Gasteiger partial charge in [0.15, 0.2) is 0 Å². The van der Waals surface area contributed by atoms with Crippen molar-refractivity contribution in [1.82, 2.24) is 0 Å². The first-order chi connectivity index (χ1) is 8.30. The van der Waals surface area contributed by atoms with Crippen LogP contribution in [0.5, 0.6) is 0 Å². The summed E-state index contributed by atoms with van der Waals surface area (Å²) in [6, 6.07) is 9.09. The third-order valence-electron chi connectivity index (χ3n) is 3.01. The second-order valence-corrected chi connectivity index (χ2v) is 4.53. The zero-order valence-corrected chi connectivity index (χ0v) is 11.3. The molecule has 2 heteroatoms. The number of ether oxygens (including phenoxy) is 1. The summed E-state index contributed by atoms with van der Waals surface area (Å²) in [5.41, 5.74) is 2.44. The van der Waals surface area contributed by atoms with E-state index in [0.717, 1.165) is 0 Å². The lowest BCUT2D eigenvalue weighted by molar-refractivity contribution is 0.185. The Morgan fingerprint density at radius 1 is 1.29 bits per heavy atom. The van der Waals surface area contributed by atoms with Crippen LogP contribution in [0.3, 0.4) is 0 Å². The second kappa shape index (κ2) is 8.13. The van der Waals surface area contributed by atoms with Crippen LogP contribution in [0.2, 0.25) is 0 Å². The van der Waals surface area contributed by atoms with Gasteiger partial charge in [0, 0.05) is 18.8 Å². The van der Waals surface area contributed by atoms with Crippen molar-refractivity contribution in [2.45, 2.75) is 52.2 Å². The molecule has 0 radical (unpaired) electrons. The monoisotopic (exact) mass is 235 g/mol. The lowest BCUT2D eigenvalue weighted by Gasteiger charge is -2.18. The van der Waals surface area contributed by atoms with E-state index >= 15 is 0 Å². The molecule has 1 atom stereocenters. The zero-order chi connectivity index (χ0) is 12.5. The third kappa shape index (κ3) is 5.22. The van der Waals surface area contributed by atoms with Gasteiger partial charge in [0.1, 0.15) is 0 Å². The summed E-state index contributed by atoms with van der Waals surface area (Å²) in [4.78, 5) is 0. The van der Waals surface area contributed by atoms with E-state index in [-0.39, 0.29) is 0 Å². The molecule has 0 aliphatic rings. The van der Waals surface area contributed by atoms with Gasteiger partial charge in [-0.1, -0.05) is 38.8 Å². The van der Waals surface area contributed by atoms with Crippen molar-refractivity contribution in [3.63, 3.8) is 0 Å². The standard InChI is InChI=1S/C15H25NO/c1-4-6-9-14(5-2)16-15-10-7-8-13(11-15)12-17-3/h7-8,10-11,14,16H,4-6,9,12H2,1-3H3. The minimum absolute atomic E-state index is 0.591. The highest BCUT2D eigenvalue weighted by Crippen LogP contribution is 2.16. The van der Waals surface area contributed by atoms with Crippen LogP contribution in [-0.2, 0) is 11.3 Å². The third-order valence-corrected chi connectivity index (χ3v) is 3.01. The molecule has 0 amide bonds. The van der Waals surface area contributed by atoms with E-state index in [2.05, 4.69) is 43.4 Å². The predicted molar refractivity (Wildman–Crippen MR) is 74.4 cm³/mol. The Balaban J connectivity index is 2.55. The number of unbranched alkanes of at least 4 members (excludes halogenated alkanes) is 1. The van der Waals surface area contributed by atoms with Crippen molar-refractivity contribution in [3.8, 4) is 0 Å².